The molecule has 91 heavy (non-hydrogen) atoms. The summed E-state index contributed by atoms with van der Waals surface area (Å²) >= 11 is 0. The molecule has 2 N–H and O–H groups in total. The summed E-state index contributed by atoms with van der Waals surface area (Å²) in [6.45, 7) is 4.65. The Kier molecular flexibility index (Phi) is 69.7. The summed E-state index contributed by atoms with van der Waals surface area (Å²) in [5.74, 6) is -0.161. The number of rotatable bonds is 72. The molecule has 0 aliphatic carbocycles. The molecule has 0 aromatic rings. The largest absolute Gasteiger partial charge is 0.756 e. The molecule has 0 saturated carbocycles. The Labute approximate surface area is 566 Å². The number of carbonyl (C=O) groups excluding carboxylic acids is 1. The van der Waals surface area contributed by atoms with Crippen LogP contribution in [0.4, 0.5) is 0 Å². The molecule has 1 amide bonds. The van der Waals surface area contributed by atoms with Crippen LogP contribution in [0, 0.1) is 0 Å². The maximum absolute atomic E-state index is 13.1. The third kappa shape index (κ3) is 74.7. The van der Waals surface area contributed by atoms with Gasteiger partial charge in [-0.2, -0.15) is 0 Å². The van der Waals surface area contributed by atoms with Crippen molar-refractivity contribution in [1.82, 2.24) is 5.32 Å². The van der Waals surface area contributed by atoms with Crippen molar-refractivity contribution in [2.75, 3.05) is 40.9 Å². The number of hydrogen-bond acceptors (Lipinski definition) is 6. The Balaban J connectivity index is 3.97. The molecule has 0 aromatic carbocycles. The van der Waals surface area contributed by atoms with E-state index in [9.17, 15) is 19.4 Å². The molecule has 0 radical (unpaired) electrons. The van der Waals surface area contributed by atoms with E-state index in [0.717, 1.165) is 89.9 Å². The number of unbranched alkanes of at least 4 members (excludes halogenated alkanes) is 43. The molecular formula is C82H151N2O6P. The number of quaternary nitrogens is 1. The molecular weight excluding hydrogens is 1140 g/mol. The van der Waals surface area contributed by atoms with Gasteiger partial charge in [-0.15, -0.1) is 0 Å². The van der Waals surface area contributed by atoms with Crippen LogP contribution in [-0.4, -0.2) is 68.5 Å². The normalized spacial score (nSPS) is 14.1. The van der Waals surface area contributed by atoms with E-state index in [1.807, 2.05) is 21.1 Å². The number of phosphoric acid groups is 1. The van der Waals surface area contributed by atoms with E-state index in [2.05, 4.69) is 116 Å². The van der Waals surface area contributed by atoms with Gasteiger partial charge in [0.15, 0.2) is 0 Å². The van der Waals surface area contributed by atoms with Crippen LogP contribution in [0.1, 0.15) is 367 Å². The highest BCUT2D eigenvalue weighted by atomic mass is 31.2. The maximum Gasteiger partial charge on any atom is 0.268 e. The third-order valence-corrected chi connectivity index (χ3v) is 18.6. The van der Waals surface area contributed by atoms with Crippen molar-refractivity contribution < 1.29 is 32.9 Å². The molecule has 0 aliphatic rings. The van der Waals surface area contributed by atoms with Crippen molar-refractivity contribution in [3.63, 3.8) is 0 Å². The number of aliphatic hydroxyl groups is 1. The van der Waals surface area contributed by atoms with Crippen LogP contribution in [0.3, 0.4) is 0 Å². The Morgan fingerprint density at radius 1 is 0.396 bits per heavy atom. The Hall–Kier alpha value is -2.58. The summed E-state index contributed by atoms with van der Waals surface area (Å²) in [4.78, 5) is 25.7. The molecule has 8 nitrogen and oxygen atoms in total. The summed E-state index contributed by atoms with van der Waals surface area (Å²) in [7, 11) is 1.31. The smallest absolute Gasteiger partial charge is 0.268 e. The standard InChI is InChI=1S/C82H151N2O6P/c1-6-8-10-12-14-16-18-20-22-24-26-28-30-32-34-36-37-38-39-40-41-42-43-44-45-46-47-48-50-52-54-56-58-60-62-64-66-68-70-72-74-76-82(86)83-80(79-90-91(87,88)89-78-77-84(3,4)5)81(85)75-73-71-69-67-65-63-61-59-57-55-53-51-49-35-33-31-29-27-25-23-21-19-17-15-13-11-9-7-2/h8,10,14,16,20,22,26,28,32,34,37-38,40-41,43-44,80-81,85H,6-7,9,11-13,15,17-19,21,23-25,27,29-31,33,35-36,39,42,45-79H2,1-5H3,(H-,83,86,87,88)/b10-8-,16-14-,22-20-,28-26-,34-32-,38-37-,41-40-,44-43-. The second-order valence-electron chi connectivity index (χ2n) is 27.7. The lowest BCUT2D eigenvalue weighted by atomic mass is 10.0. The number of phosphoric ester groups is 1. The van der Waals surface area contributed by atoms with Gasteiger partial charge in [0.2, 0.25) is 5.91 Å². The minimum atomic E-state index is -4.59. The van der Waals surface area contributed by atoms with Crippen LogP contribution in [0.15, 0.2) is 97.2 Å². The average Bonchev–Trinajstić information content (AvgIpc) is 3.59. The van der Waals surface area contributed by atoms with Crippen molar-refractivity contribution in [3.8, 4) is 0 Å². The van der Waals surface area contributed by atoms with Gasteiger partial charge in [0.05, 0.1) is 39.9 Å². The van der Waals surface area contributed by atoms with Crippen LogP contribution in [0.2, 0.25) is 0 Å². The highest BCUT2D eigenvalue weighted by Gasteiger charge is 2.24. The van der Waals surface area contributed by atoms with Crippen molar-refractivity contribution in [2.24, 2.45) is 0 Å². The Morgan fingerprint density at radius 2 is 0.670 bits per heavy atom. The fraction of sp³-hybridized carbons (Fsp3) is 0.793. The molecule has 0 saturated heterocycles. The van der Waals surface area contributed by atoms with Crippen molar-refractivity contribution in [3.05, 3.63) is 97.2 Å². The number of amides is 1. The van der Waals surface area contributed by atoms with Crippen molar-refractivity contribution in [2.45, 2.75) is 379 Å². The van der Waals surface area contributed by atoms with Crippen LogP contribution in [0.25, 0.3) is 0 Å². The van der Waals surface area contributed by atoms with Gasteiger partial charge in [0, 0.05) is 6.42 Å². The summed E-state index contributed by atoms with van der Waals surface area (Å²) < 4.78 is 23.6. The Bertz CT molecular complexity index is 1810. The fourth-order valence-corrected chi connectivity index (χ4v) is 12.3. The number of hydrogen-bond donors (Lipinski definition) is 2. The lowest BCUT2D eigenvalue weighted by molar-refractivity contribution is -0.870. The quantitative estimate of drug-likeness (QED) is 0.0272. The van der Waals surface area contributed by atoms with E-state index in [0.29, 0.717) is 23.9 Å². The SMILES string of the molecule is CC/C=C\C/C=C\C/C=C\C/C=C\C/C=C\C/C=C\C/C=C\C/C=C\CCCCCCCCCCCCCCCCCCC(=O)NC(COP(=O)([O-])OCC[N+](C)(C)C)C(O)CCCCCCCCCCCCCCCCCCCCCCCCCCCCCC. The van der Waals surface area contributed by atoms with E-state index in [-0.39, 0.29) is 19.1 Å². The molecule has 3 unspecified atom stereocenters. The third-order valence-electron chi connectivity index (χ3n) is 17.6. The predicted octanol–water partition coefficient (Wildman–Crippen LogP) is 25.0. The first-order valence-corrected chi connectivity index (χ1v) is 40.5. The number of nitrogens with zero attached hydrogens (tertiary/aromatic N) is 1. The summed E-state index contributed by atoms with van der Waals surface area (Å²) in [5, 5.41) is 14.1. The summed E-state index contributed by atoms with van der Waals surface area (Å²) in [6.07, 6.45) is 104. The van der Waals surface area contributed by atoms with Gasteiger partial charge in [0.25, 0.3) is 7.82 Å². The first-order chi connectivity index (χ1) is 44.5. The van der Waals surface area contributed by atoms with Crippen LogP contribution >= 0.6 is 7.82 Å². The van der Waals surface area contributed by atoms with Gasteiger partial charge in [-0.25, -0.2) is 0 Å². The van der Waals surface area contributed by atoms with Gasteiger partial charge < -0.3 is 28.8 Å². The molecule has 0 rings (SSSR count). The number of likely N-dealkylation sites (N-methyl/N-ethyl adjacent to an activating group) is 1. The van der Waals surface area contributed by atoms with Crippen molar-refractivity contribution >= 4 is 13.7 Å². The first kappa shape index (κ1) is 88.4. The highest BCUT2D eigenvalue weighted by Crippen LogP contribution is 2.38. The predicted molar refractivity (Wildman–Crippen MR) is 399 cm³/mol. The summed E-state index contributed by atoms with van der Waals surface area (Å²) in [6, 6.07) is -0.806. The lowest BCUT2D eigenvalue weighted by Crippen LogP contribution is -2.46. The minimum absolute atomic E-state index is 0.0110. The number of nitrogens with one attached hydrogen (secondary N) is 1. The fourth-order valence-electron chi connectivity index (χ4n) is 11.6. The van der Waals surface area contributed by atoms with Gasteiger partial charge >= 0.3 is 0 Å². The maximum atomic E-state index is 13.1. The molecule has 0 spiro atoms. The van der Waals surface area contributed by atoms with Gasteiger partial charge in [-0.05, 0) is 77.0 Å². The molecule has 0 fully saturated rings. The minimum Gasteiger partial charge on any atom is -0.756 e. The topological polar surface area (TPSA) is 108 Å². The number of carbonyl (C=O) groups is 1. The Morgan fingerprint density at radius 3 is 0.978 bits per heavy atom. The van der Waals surface area contributed by atoms with Crippen LogP contribution in [-0.2, 0) is 18.4 Å². The zero-order chi connectivity index (χ0) is 66.2. The van der Waals surface area contributed by atoms with E-state index in [1.54, 1.807) is 0 Å². The molecule has 9 heteroatoms. The average molecular weight is 1290 g/mol. The van der Waals surface area contributed by atoms with Crippen LogP contribution in [0.5, 0.6) is 0 Å². The summed E-state index contributed by atoms with van der Waals surface area (Å²) in [5.41, 5.74) is 0. The zero-order valence-corrected chi connectivity index (χ0v) is 61.7. The van der Waals surface area contributed by atoms with E-state index in [4.69, 9.17) is 9.05 Å². The molecule has 0 bridgehead atoms. The molecule has 3 atom stereocenters. The van der Waals surface area contributed by atoms with E-state index < -0.39 is 20.0 Å². The zero-order valence-electron chi connectivity index (χ0n) is 60.8. The monoisotopic (exact) mass is 1290 g/mol. The number of aliphatic hydroxyl groups excluding tert-OH is 1. The molecule has 0 aromatic heterocycles. The molecule has 530 valence electrons. The van der Waals surface area contributed by atoms with Gasteiger partial charge in [-0.1, -0.05) is 381 Å². The highest BCUT2D eigenvalue weighted by molar-refractivity contribution is 7.45. The second-order valence-corrected chi connectivity index (χ2v) is 29.1. The number of allylic oxidation sites excluding steroid dienone is 16. The first-order valence-electron chi connectivity index (χ1n) is 39.1. The van der Waals surface area contributed by atoms with Gasteiger partial charge in [-0.3, -0.25) is 9.36 Å². The van der Waals surface area contributed by atoms with E-state index >= 15 is 0 Å². The van der Waals surface area contributed by atoms with Gasteiger partial charge in [0.1, 0.15) is 13.2 Å². The molecule has 0 heterocycles. The van der Waals surface area contributed by atoms with Crippen molar-refractivity contribution in [1.29, 1.82) is 0 Å². The van der Waals surface area contributed by atoms with E-state index in [1.165, 1.54) is 250 Å². The lowest BCUT2D eigenvalue weighted by Gasteiger charge is -2.30. The second kappa shape index (κ2) is 71.7. The van der Waals surface area contributed by atoms with Crippen LogP contribution < -0.4 is 10.2 Å². The molecule has 0 aliphatic heterocycles.